The first-order valence-electron chi connectivity index (χ1n) is 24.4. The highest BCUT2D eigenvalue weighted by Gasteiger charge is 2.24. The molecule has 9 heteroatoms. The number of para-hydroxylation sites is 2. The maximum Gasteiger partial charge on any atom is 0.338 e. The molecular formula is C63H53N7O2. The van der Waals surface area contributed by atoms with Gasteiger partial charge in [0.2, 0.25) is 0 Å². The smallest absolute Gasteiger partial charge is 0.338 e. The number of esters is 1. The monoisotopic (exact) mass is 939 g/mol. The Morgan fingerprint density at radius 1 is 0.528 bits per heavy atom. The number of benzene rings is 6. The highest BCUT2D eigenvalue weighted by molar-refractivity contribution is 6.01. The molecule has 0 saturated carbocycles. The standard InChI is InChI=1S/C63H53N7O2/c1-8-72-63(71)45-21-19-43(20-22-45)49-35-53-60(58-41(6)33-38(3)34-42(58)7)54-36-50(44-23-25-48(26-24-44)70(46-15-11-9-12-16-46)47-17-13-10-14-18-47)62(67-54)69-56-30-28-52(65-56)59(57-39(4)31-37(2)32-40(57)5)51-27-29-55(64-51)68-61(49)66-53/h9-36H,8H2,1-7H3,(H,64,66,68)(H,65,67,69). The lowest BCUT2D eigenvalue weighted by molar-refractivity contribution is 0.0526. The second kappa shape index (κ2) is 18.8. The van der Waals surface area contributed by atoms with Gasteiger partial charge in [-0.05, 0) is 178 Å². The number of fused-ring (bicyclic) bond motifs is 8. The van der Waals surface area contributed by atoms with E-state index in [-0.39, 0.29) is 5.97 Å². The summed E-state index contributed by atoms with van der Waals surface area (Å²) in [4.78, 5) is 44.0. The van der Waals surface area contributed by atoms with E-state index in [4.69, 9.17) is 24.7 Å². The van der Waals surface area contributed by atoms with Crippen molar-refractivity contribution in [1.29, 1.82) is 0 Å². The van der Waals surface area contributed by atoms with E-state index in [9.17, 15) is 4.79 Å². The van der Waals surface area contributed by atoms with E-state index in [1.807, 2.05) is 43.3 Å². The number of anilines is 3. The van der Waals surface area contributed by atoms with Gasteiger partial charge in [-0.25, -0.2) is 24.7 Å². The minimum atomic E-state index is -0.368. The molecule has 2 aliphatic heterocycles. The zero-order valence-corrected chi connectivity index (χ0v) is 41.4. The molecule has 352 valence electrons. The number of hydrogen-bond acceptors (Lipinski definition) is 7. The number of aryl methyl sites for hydroxylation is 6. The Morgan fingerprint density at radius 3 is 1.69 bits per heavy atom. The molecular weight excluding hydrogens is 887 g/mol. The van der Waals surface area contributed by atoms with Crippen LogP contribution in [0.1, 0.15) is 79.3 Å². The molecule has 0 saturated heterocycles. The summed E-state index contributed by atoms with van der Waals surface area (Å²) in [5, 5.41) is 0. The van der Waals surface area contributed by atoms with Crippen molar-refractivity contribution in [3.63, 3.8) is 0 Å². The van der Waals surface area contributed by atoms with Crippen molar-refractivity contribution in [3.8, 4) is 33.4 Å². The Kier molecular flexibility index (Phi) is 11.8. The minimum absolute atomic E-state index is 0.293. The summed E-state index contributed by atoms with van der Waals surface area (Å²) >= 11 is 0. The molecule has 9 aromatic rings. The van der Waals surface area contributed by atoms with Crippen LogP contribution in [-0.4, -0.2) is 42.5 Å². The molecule has 6 aromatic carbocycles. The number of carbonyl (C=O) groups excluding carboxylic acids is 1. The Labute approximate surface area is 419 Å². The van der Waals surface area contributed by atoms with Crippen molar-refractivity contribution < 1.29 is 9.53 Å². The predicted molar refractivity (Wildman–Crippen MR) is 294 cm³/mol. The summed E-state index contributed by atoms with van der Waals surface area (Å²) in [6.45, 7) is 15.0. The number of ether oxygens (including phenoxy) is 1. The first kappa shape index (κ1) is 45.5. The fourth-order valence-electron chi connectivity index (χ4n) is 10.4. The Morgan fingerprint density at radius 2 is 1.10 bits per heavy atom. The summed E-state index contributed by atoms with van der Waals surface area (Å²) in [7, 11) is 0. The lowest BCUT2D eigenvalue weighted by atomic mass is 9.92. The van der Waals surface area contributed by atoms with Gasteiger partial charge in [-0.15, -0.1) is 0 Å². The van der Waals surface area contributed by atoms with Crippen LogP contribution in [0.4, 0.5) is 17.1 Å². The predicted octanol–water partition coefficient (Wildman–Crippen LogP) is 15.4. The van der Waals surface area contributed by atoms with Crippen LogP contribution in [0, 0.1) is 41.5 Å². The normalized spacial score (nSPS) is 12.0. The Balaban J connectivity index is 1.22. The van der Waals surface area contributed by atoms with Gasteiger partial charge in [-0.1, -0.05) is 96.1 Å². The molecule has 3 aromatic heterocycles. The molecule has 0 spiro atoms. The van der Waals surface area contributed by atoms with Gasteiger partial charge in [0, 0.05) is 44.8 Å². The number of aromatic amines is 2. The van der Waals surface area contributed by atoms with E-state index < -0.39 is 0 Å². The summed E-state index contributed by atoms with van der Waals surface area (Å²) in [5.74, 6) is 0.736. The van der Waals surface area contributed by atoms with Crippen LogP contribution in [-0.2, 0) is 4.74 Å². The molecule has 0 atom stereocenters. The topological polar surface area (TPSA) is 113 Å². The van der Waals surface area contributed by atoms with Gasteiger partial charge in [0.15, 0.2) is 11.6 Å². The average Bonchev–Trinajstić information content (AvgIpc) is 4.21. The molecule has 72 heavy (non-hydrogen) atoms. The second-order valence-electron chi connectivity index (χ2n) is 18.6. The van der Waals surface area contributed by atoms with Gasteiger partial charge in [0.1, 0.15) is 11.3 Å². The molecule has 8 bridgehead atoms. The van der Waals surface area contributed by atoms with Gasteiger partial charge in [-0.3, -0.25) is 0 Å². The number of nitrogens with one attached hydrogen (secondary N) is 2. The molecule has 0 radical (unpaired) electrons. The summed E-state index contributed by atoms with van der Waals surface area (Å²) in [6, 6.07) is 52.1. The van der Waals surface area contributed by atoms with E-state index in [1.54, 1.807) is 12.1 Å². The van der Waals surface area contributed by atoms with E-state index >= 15 is 0 Å². The van der Waals surface area contributed by atoms with Crippen LogP contribution in [0.3, 0.4) is 0 Å². The van der Waals surface area contributed by atoms with Crippen LogP contribution in [0.2, 0.25) is 0 Å². The molecule has 11 rings (SSSR count). The van der Waals surface area contributed by atoms with E-state index in [2.05, 4.69) is 178 Å². The Bertz CT molecular complexity index is 3740. The van der Waals surface area contributed by atoms with Crippen molar-refractivity contribution in [2.24, 2.45) is 0 Å². The number of nitrogens with zero attached hydrogens (tertiary/aromatic N) is 5. The van der Waals surface area contributed by atoms with E-state index in [0.717, 1.165) is 106 Å². The van der Waals surface area contributed by atoms with Crippen LogP contribution >= 0.6 is 0 Å². The number of H-pyrrole nitrogens is 2. The SMILES string of the molecule is CCOC(=O)c1ccc(C2=Cc3nc2nc2ccc([nH]2)c(-c2c(C)cc(C)cc2C)c2nc(nc4[nH]c(cc4-c4ccc(N(c5ccccc5)c5ccccc5)cc4)c3-c3c(C)cc(C)cc3C)C=C2)cc1. The first-order chi connectivity index (χ1) is 35.0. The zero-order valence-electron chi connectivity index (χ0n) is 41.4. The molecule has 0 amide bonds. The molecule has 5 heterocycles. The molecule has 0 aliphatic carbocycles. The van der Waals surface area contributed by atoms with Crippen LogP contribution in [0.25, 0.3) is 79.5 Å². The summed E-state index contributed by atoms with van der Waals surface area (Å²) in [5.41, 5.74) is 22.6. The zero-order chi connectivity index (χ0) is 49.6. The molecule has 9 nitrogen and oxygen atoms in total. The Hall–Kier alpha value is -8.95. The third kappa shape index (κ3) is 8.59. The molecule has 2 aliphatic rings. The largest absolute Gasteiger partial charge is 0.462 e. The van der Waals surface area contributed by atoms with Gasteiger partial charge in [0.25, 0.3) is 0 Å². The van der Waals surface area contributed by atoms with Crippen LogP contribution < -0.4 is 4.90 Å². The van der Waals surface area contributed by atoms with Gasteiger partial charge < -0.3 is 19.6 Å². The third-order valence-electron chi connectivity index (χ3n) is 13.4. The highest BCUT2D eigenvalue weighted by atomic mass is 16.5. The fourth-order valence-corrected chi connectivity index (χ4v) is 10.4. The van der Waals surface area contributed by atoms with Gasteiger partial charge in [-0.2, -0.15) is 0 Å². The number of carbonyl (C=O) groups is 1. The van der Waals surface area contributed by atoms with E-state index in [0.29, 0.717) is 35.1 Å². The first-order valence-corrected chi connectivity index (χ1v) is 24.4. The third-order valence-corrected chi connectivity index (χ3v) is 13.4. The molecule has 0 unspecified atom stereocenters. The van der Waals surface area contributed by atoms with Gasteiger partial charge >= 0.3 is 5.97 Å². The highest BCUT2D eigenvalue weighted by Crippen LogP contribution is 2.42. The van der Waals surface area contributed by atoms with Crippen LogP contribution in [0.15, 0.2) is 152 Å². The minimum Gasteiger partial charge on any atom is -0.462 e. The number of hydrogen-bond donors (Lipinski definition) is 2. The lowest BCUT2D eigenvalue weighted by Gasteiger charge is -2.25. The van der Waals surface area contributed by atoms with Gasteiger partial charge in [0.05, 0.1) is 29.1 Å². The van der Waals surface area contributed by atoms with Crippen molar-refractivity contribution in [2.45, 2.75) is 48.5 Å². The van der Waals surface area contributed by atoms with Crippen molar-refractivity contribution >= 4 is 69.2 Å². The summed E-state index contributed by atoms with van der Waals surface area (Å²) in [6.07, 6.45) is 6.17. The fraction of sp³-hybridized carbons (Fsp3) is 0.127. The summed E-state index contributed by atoms with van der Waals surface area (Å²) < 4.78 is 5.35. The van der Waals surface area contributed by atoms with Crippen molar-refractivity contribution in [2.75, 3.05) is 11.5 Å². The molecule has 0 fully saturated rings. The maximum atomic E-state index is 12.8. The quantitative estimate of drug-likeness (QED) is 0.139. The number of rotatable bonds is 9. The number of aromatic nitrogens is 6. The van der Waals surface area contributed by atoms with Crippen molar-refractivity contribution in [3.05, 3.63) is 219 Å². The molecule has 2 N–H and O–H groups in total. The van der Waals surface area contributed by atoms with E-state index in [1.165, 1.54) is 11.1 Å². The van der Waals surface area contributed by atoms with Crippen LogP contribution in [0.5, 0.6) is 0 Å². The maximum absolute atomic E-state index is 12.8. The second-order valence-corrected chi connectivity index (χ2v) is 18.6. The average molecular weight is 940 g/mol. The van der Waals surface area contributed by atoms with Crippen molar-refractivity contribution in [1.82, 2.24) is 29.9 Å². The lowest BCUT2D eigenvalue weighted by Crippen LogP contribution is -2.09.